The molecule has 0 bridgehead atoms. The molecule has 0 unspecified atom stereocenters. The van der Waals surface area contributed by atoms with E-state index in [9.17, 15) is 9.59 Å². The summed E-state index contributed by atoms with van der Waals surface area (Å²) in [5.74, 6) is -0.385. The van der Waals surface area contributed by atoms with Crippen LogP contribution in [0.1, 0.15) is 47.0 Å². The average molecular weight is 415 g/mol. The smallest absolute Gasteiger partial charge is 0.303 e. The van der Waals surface area contributed by atoms with E-state index in [1.54, 1.807) is 0 Å². The molecule has 3 rings (SSSR count). The topological polar surface area (TPSA) is 80.3 Å². The molecule has 3 heterocycles. The summed E-state index contributed by atoms with van der Waals surface area (Å²) in [4.78, 5) is 23.5. The van der Waals surface area contributed by atoms with E-state index < -0.39 is 26.6 Å². The molecule has 0 amide bonds. The summed E-state index contributed by atoms with van der Waals surface area (Å²) in [6.45, 7) is 12.8. The molecular weight excluding hydrogens is 380 g/mol. The van der Waals surface area contributed by atoms with Crippen LogP contribution in [0.25, 0.3) is 0 Å². The lowest BCUT2D eigenvalue weighted by molar-refractivity contribution is -0.292. The molecule has 0 aliphatic carbocycles. The van der Waals surface area contributed by atoms with Crippen LogP contribution in [0.15, 0.2) is 0 Å². The number of carbonyl (C=O) groups excluding carboxylic acids is 2. The second-order valence-electron chi connectivity index (χ2n) is 9.62. The van der Waals surface area contributed by atoms with Gasteiger partial charge >= 0.3 is 5.97 Å². The van der Waals surface area contributed by atoms with Crippen LogP contribution >= 0.6 is 0 Å². The largest absolute Gasteiger partial charge is 0.457 e. The molecule has 3 fully saturated rings. The minimum Gasteiger partial charge on any atom is -0.457 e. The molecule has 7 nitrogen and oxygen atoms in total. The van der Waals surface area contributed by atoms with Crippen LogP contribution < -0.4 is 0 Å². The van der Waals surface area contributed by atoms with Gasteiger partial charge in [0.05, 0.1) is 18.3 Å². The molecule has 3 aliphatic rings. The Bertz CT molecular complexity index is 588. The molecule has 0 aromatic rings. The van der Waals surface area contributed by atoms with Crippen molar-refractivity contribution in [2.45, 2.75) is 108 Å². The lowest BCUT2D eigenvalue weighted by Crippen LogP contribution is -2.66. The van der Waals surface area contributed by atoms with E-state index in [1.807, 2.05) is 0 Å². The number of hydrogen-bond donors (Lipinski definition) is 0. The van der Waals surface area contributed by atoms with Gasteiger partial charge in [0, 0.05) is 20.0 Å². The van der Waals surface area contributed by atoms with Crippen LogP contribution in [-0.2, 0) is 33.0 Å². The Morgan fingerprint density at radius 2 is 1.86 bits per heavy atom. The van der Waals surface area contributed by atoms with E-state index in [0.29, 0.717) is 13.0 Å². The Morgan fingerprint density at radius 3 is 2.46 bits per heavy atom. The van der Waals surface area contributed by atoms with Crippen molar-refractivity contribution < 1.29 is 33.0 Å². The molecule has 0 N–H and O–H groups in total. The molecule has 160 valence electrons. The van der Waals surface area contributed by atoms with Crippen molar-refractivity contribution in [3.63, 3.8) is 0 Å². The number of aldehydes is 1. The number of rotatable bonds is 4. The number of esters is 1. The van der Waals surface area contributed by atoms with E-state index in [0.717, 1.165) is 19.1 Å². The van der Waals surface area contributed by atoms with Gasteiger partial charge in [0.1, 0.15) is 18.3 Å². The highest BCUT2D eigenvalue weighted by Gasteiger charge is 2.55. The number of hydrogen-bond acceptors (Lipinski definition) is 7. The number of ether oxygens (including phenoxy) is 4. The normalized spacial score (nSPS) is 38.9. The lowest BCUT2D eigenvalue weighted by Gasteiger charge is -2.52. The molecule has 0 aromatic carbocycles. The van der Waals surface area contributed by atoms with Gasteiger partial charge in [-0.3, -0.25) is 4.79 Å². The summed E-state index contributed by atoms with van der Waals surface area (Å²) in [5, 5.41) is 0.0211. The fourth-order valence-corrected chi connectivity index (χ4v) is 5.37. The van der Waals surface area contributed by atoms with Crippen molar-refractivity contribution >= 4 is 20.6 Å². The quantitative estimate of drug-likeness (QED) is 0.397. The molecule has 3 aliphatic heterocycles. The van der Waals surface area contributed by atoms with Gasteiger partial charge in [-0.15, -0.1) is 0 Å². The molecule has 0 radical (unpaired) electrons. The zero-order valence-electron chi connectivity index (χ0n) is 17.8. The fourth-order valence-electron chi connectivity index (χ4n) is 4.03. The first-order chi connectivity index (χ1) is 13.0. The van der Waals surface area contributed by atoms with Crippen LogP contribution in [-0.4, -0.2) is 69.9 Å². The molecule has 7 atom stereocenters. The van der Waals surface area contributed by atoms with E-state index in [1.165, 1.54) is 6.92 Å². The summed E-state index contributed by atoms with van der Waals surface area (Å²) in [6.07, 6.45) is 0.149. The van der Waals surface area contributed by atoms with Crippen molar-refractivity contribution in [3.8, 4) is 0 Å². The second kappa shape index (κ2) is 8.14. The summed E-state index contributed by atoms with van der Waals surface area (Å²) in [6, 6.07) is 0. The number of fused-ring (bicyclic) bond motifs is 2. The van der Waals surface area contributed by atoms with E-state index >= 15 is 0 Å². The van der Waals surface area contributed by atoms with Crippen LogP contribution in [0.3, 0.4) is 0 Å². The van der Waals surface area contributed by atoms with Crippen molar-refractivity contribution in [2.24, 2.45) is 0 Å². The van der Waals surface area contributed by atoms with Crippen molar-refractivity contribution in [1.29, 1.82) is 0 Å². The molecular formula is C20H34O7Si. The summed E-state index contributed by atoms with van der Waals surface area (Å²) in [7, 11) is -2.09. The summed E-state index contributed by atoms with van der Waals surface area (Å²) in [5.41, 5.74) is 0. The van der Waals surface area contributed by atoms with Gasteiger partial charge in [-0.25, -0.2) is 0 Å². The van der Waals surface area contributed by atoms with Crippen LogP contribution in [0.5, 0.6) is 0 Å². The standard InChI is InChI=1S/C20H34O7Si/c1-12(22)24-19-17-13(8-7-9-23-17)25-15-10-14(16(11-21)26-18(15)19)27-28(5,6)20(2,3)4/h11,13-19H,7-10H2,1-6H3/t13-,14-,15+,16+,17-,18+,19+/m0/s1. The highest BCUT2D eigenvalue weighted by atomic mass is 28.4. The van der Waals surface area contributed by atoms with Crippen LogP contribution in [0.2, 0.25) is 18.1 Å². The minimum absolute atomic E-state index is 0.0211. The Balaban J connectivity index is 1.81. The highest BCUT2D eigenvalue weighted by molar-refractivity contribution is 6.74. The van der Waals surface area contributed by atoms with Crippen molar-refractivity contribution in [3.05, 3.63) is 0 Å². The Labute approximate surface area is 168 Å². The van der Waals surface area contributed by atoms with Crippen LogP contribution in [0, 0.1) is 0 Å². The summed E-state index contributed by atoms with van der Waals surface area (Å²) < 4.78 is 30.4. The zero-order chi connectivity index (χ0) is 20.7. The Hall–Kier alpha value is -0.803. The second-order valence-corrected chi connectivity index (χ2v) is 14.4. The third-order valence-electron chi connectivity index (χ3n) is 6.51. The van der Waals surface area contributed by atoms with Gasteiger partial charge in [-0.05, 0) is 31.0 Å². The molecule has 0 saturated carbocycles. The zero-order valence-corrected chi connectivity index (χ0v) is 18.8. The van der Waals surface area contributed by atoms with E-state index in [2.05, 4.69) is 33.9 Å². The van der Waals surface area contributed by atoms with Gasteiger partial charge in [-0.2, -0.15) is 0 Å². The molecule has 0 aromatic heterocycles. The minimum atomic E-state index is -2.09. The molecule has 0 spiro atoms. The van der Waals surface area contributed by atoms with Crippen molar-refractivity contribution in [1.82, 2.24) is 0 Å². The van der Waals surface area contributed by atoms with Crippen molar-refractivity contribution in [2.75, 3.05) is 6.61 Å². The molecule has 8 heteroatoms. The Morgan fingerprint density at radius 1 is 1.14 bits per heavy atom. The fraction of sp³-hybridized carbons (Fsp3) is 0.900. The van der Waals surface area contributed by atoms with E-state index in [-0.39, 0.29) is 35.4 Å². The van der Waals surface area contributed by atoms with E-state index in [4.69, 9.17) is 23.4 Å². The highest BCUT2D eigenvalue weighted by Crippen LogP contribution is 2.42. The van der Waals surface area contributed by atoms with Gasteiger partial charge in [0.2, 0.25) is 0 Å². The van der Waals surface area contributed by atoms with Gasteiger partial charge in [0.15, 0.2) is 20.7 Å². The first-order valence-electron chi connectivity index (χ1n) is 10.3. The monoisotopic (exact) mass is 414 g/mol. The van der Waals surface area contributed by atoms with Gasteiger partial charge in [-0.1, -0.05) is 20.8 Å². The predicted octanol–water partition coefficient (Wildman–Crippen LogP) is 2.61. The third-order valence-corrected chi connectivity index (χ3v) is 11.0. The lowest BCUT2D eigenvalue weighted by atomic mass is 9.86. The Kier molecular flexibility index (Phi) is 6.37. The first-order valence-corrected chi connectivity index (χ1v) is 13.2. The number of carbonyl (C=O) groups is 2. The third kappa shape index (κ3) is 4.36. The van der Waals surface area contributed by atoms with Gasteiger partial charge in [0.25, 0.3) is 0 Å². The maximum atomic E-state index is 11.8. The van der Waals surface area contributed by atoms with Gasteiger partial charge < -0.3 is 28.2 Å². The first kappa shape index (κ1) is 21.9. The molecule has 3 saturated heterocycles. The predicted molar refractivity (Wildman–Crippen MR) is 105 cm³/mol. The van der Waals surface area contributed by atoms with Crippen LogP contribution in [0.4, 0.5) is 0 Å². The molecule has 28 heavy (non-hydrogen) atoms. The maximum absolute atomic E-state index is 11.8. The summed E-state index contributed by atoms with van der Waals surface area (Å²) >= 11 is 0. The maximum Gasteiger partial charge on any atom is 0.303 e. The average Bonchev–Trinajstić information content (AvgIpc) is 2.59. The SMILES string of the molecule is CC(=O)O[C@@H]1[C@H]2OCCC[C@@H]2O[C@@H]2C[C@H](O[Si](C)(C)C(C)(C)C)[C@@H](C=O)O[C@@H]12.